The fraction of sp³-hybridized carbons (Fsp3) is 0.0476. The van der Waals surface area contributed by atoms with Crippen LogP contribution < -0.4 is 5.32 Å². The number of anilines is 1. The second-order valence-corrected chi connectivity index (χ2v) is 6.43. The molecule has 0 saturated heterocycles. The number of benzene rings is 2. The molecule has 3 N–H and O–H groups in total. The first-order valence-corrected chi connectivity index (χ1v) is 8.74. The predicted octanol–water partition coefficient (Wildman–Crippen LogP) is 4.90. The maximum absolute atomic E-state index is 10.9. The van der Waals surface area contributed by atoms with Gasteiger partial charge in [0, 0.05) is 28.9 Å². The second kappa shape index (κ2) is 7.13. The molecule has 1 unspecified atom stereocenters. The van der Waals surface area contributed by atoms with Crippen molar-refractivity contribution in [3.63, 3.8) is 0 Å². The Labute approximate surface area is 160 Å². The summed E-state index contributed by atoms with van der Waals surface area (Å²) in [6.07, 6.45) is 3.31. The van der Waals surface area contributed by atoms with Crippen molar-refractivity contribution in [3.8, 4) is 11.5 Å². The van der Waals surface area contributed by atoms with Gasteiger partial charge in [-0.1, -0.05) is 48.0 Å². The average Bonchev–Trinajstić information content (AvgIpc) is 2.70. The molecule has 2 aromatic carbocycles. The number of phenols is 2. The summed E-state index contributed by atoms with van der Waals surface area (Å²) in [5.74, 6) is 0.642. The van der Waals surface area contributed by atoms with E-state index < -0.39 is 6.04 Å². The third-order valence-corrected chi connectivity index (χ3v) is 4.78. The van der Waals surface area contributed by atoms with Gasteiger partial charge in [0.1, 0.15) is 22.8 Å². The zero-order valence-corrected chi connectivity index (χ0v) is 14.9. The molecule has 0 aliphatic heterocycles. The van der Waals surface area contributed by atoms with Gasteiger partial charge in [-0.15, -0.1) is 0 Å². The predicted molar refractivity (Wildman–Crippen MR) is 106 cm³/mol. The Morgan fingerprint density at radius 3 is 2.48 bits per heavy atom. The lowest BCUT2D eigenvalue weighted by Crippen LogP contribution is -2.14. The van der Waals surface area contributed by atoms with Crippen LogP contribution in [-0.4, -0.2) is 20.2 Å². The van der Waals surface area contributed by atoms with Crippen LogP contribution >= 0.6 is 11.6 Å². The number of nitrogens with one attached hydrogen (secondary N) is 1. The van der Waals surface area contributed by atoms with Crippen LogP contribution in [0.5, 0.6) is 11.5 Å². The van der Waals surface area contributed by atoms with E-state index in [9.17, 15) is 10.2 Å². The van der Waals surface area contributed by atoms with Crippen molar-refractivity contribution >= 4 is 28.3 Å². The molecule has 0 amide bonds. The zero-order valence-electron chi connectivity index (χ0n) is 14.2. The first-order chi connectivity index (χ1) is 13.1. The molecule has 1 atom stereocenters. The normalized spacial score (nSPS) is 12.0. The monoisotopic (exact) mass is 377 g/mol. The highest BCUT2D eigenvalue weighted by molar-refractivity contribution is 6.32. The van der Waals surface area contributed by atoms with Gasteiger partial charge in [-0.2, -0.15) is 0 Å². The van der Waals surface area contributed by atoms with E-state index in [4.69, 9.17) is 11.6 Å². The van der Waals surface area contributed by atoms with E-state index in [1.165, 1.54) is 6.07 Å². The van der Waals surface area contributed by atoms with Crippen LogP contribution in [0.25, 0.3) is 10.9 Å². The summed E-state index contributed by atoms with van der Waals surface area (Å²) in [6.45, 7) is 0. The number of rotatable bonds is 4. The van der Waals surface area contributed by atoms with E-state index in [2.05, 4.69) is 15.3 Å². The summed E-state index contributed by atoms with van der Waals surface area (Å²) < 4.78 is 0. The summed E-state index contributed by atoms with van der Waals surface area (Å²) in [6, 6.07) is 17.4. The average molecular weight is 378 g/mol. The molecular weight excluding hydrogens is 362 g/mol. The minimum atomic E-state index is -0.536. The minimum absolute atomic E-state index is 0.0274. The minimum Gasteiger partial charge on any atom is -0.506 e. The van der Waals surface area contributed by atoms with Crippen LogP contribution in [0.15, 0.2) is 73.1 Å². The van der Waals surface area contributed by atoms with Crippen molar-refractivity contribution in [2.24, 2.45) is 0 Å². The number of aromatic nitrogens is 2. The lowest BCUT2D eigenvalue weighted by atomic mass is 9.96. The second-order valence-electron chi connectivity index (χ2n) is 6.05. The Morgan fingerprint density at radius 1 is 0.815 bits per heavy atom. The van der Waals surface area contributed by atoms with Crippen LogP contribution in [0, 0.1) is 0 Å². The molecule has 4 aromatic rings. The van der Waals surface area contributed by atoms with Gasteiger partial charge < -0.3 is 15.5 Å². The molecule has 0 aliphatic carbocycles. The topological polar surface area (TPSA) is 78.3 Å². The van der Waals surface area contributed by atoms with Gasteiger partial charge in [0.25, 0.3) is 0 Å². The summed E-state index contributed by atoms with van der Waals surface area (Å²) >= 11 is 6.37. The molecule has 2 heterocycles. The Morgan fingerprint density at radius 2 is 1.67 bits per heavy atom. The highest BCUT2D eigenvalue weighted by Gasteiger charge is 2.23. The molecule has 0 saturated carbocycles. The molecule has 5 nitrogen and oxygen atoms in total. The van der Waals surface area contributed by atoms with E-state index in [0.29, 0.717) is 22.5 Å². The summed E-state index contributed by atoms with van der Waals surface area (Å²) in [7, 11) is 0. The largest absolute Gasteiger partial charge is 0.506 e. The molecule has 4 rings (SSSR count). The number of phenolic OH excluding ortho intramolecular Hbond substituents is 2. The van der Waals surface area contributed by atoms with Crippen molar-refractivity contribution in [3.05, 3.63) is 89.2 Å². The van der Waals surface area contributed by atoms with Gasteiger partial charge in [-0.3, -0.25) is 4.98 Å². The Hall–Kier alpha value is -3.31. The van der Waals surface area contributed by atoms with Gasteiger partial charge in [0.15, 0.2) is 0 Å². The van der Waals surface area contributed by atoms with Crippen LogP contribution in [-0.2, 0) is 0 Å². The molecule has 0 spiro atoms. The number of nitrogens with zero attached hydrogens (tertiary/aromatic N) is 2. The van der Waals surface area contributed by atoms with E-state index >= 15 is 0 Å². The van der Waals surface area contributed by atoms with Gasteiger partial charge in [-0.05, 0) is 24.3 Å². The molecule has 0 fully saturated rings. The molecule has 2 aromatic heterocycles. The molecule has 0 aliphatic rings. The fourth-order valence-electron chi connectivity index (χ4n) is 3.06. The Bertz CT molecular complexity index is 1100. The van der Waals surface area contributed by atoms with Crippen LogP contribution in [0.4, 0.5) is 5.82 Å². The molecule has 6 heteroatoms. The van der Waals surface area contributed by atoms with Crippen LogP contribution in [0.3, 0.4) is 0 Å². The third-order valence-electron chi connectivity index (χ3n) is 4.37. The summed E-state index contributed by atoms with van der Waals surface area (Å²) in [5.41, 5.74) is 1.70. The summed E-state index contributed by atoms with van der Waals surface area (Å²) in [4.78, 5) is 8.59. The molecule has 0 radical (unpaired) electrons. The van der Waals surface area contributed by atoms with Crippen LogP contribution in [0.2, 0.25) is 5.02 Å². The van der Waals surface area contributed by atoms with E-state index in [-0.39, 0.29) is 16.5 Å². The van der Waals surface area contributed by atoms with Gasteiger partial charge >= 0.3 is 0 Å². The smallest absolute Gasteiger partial charge is 0.147 e. The standard InChI is InChI=1S/C21H16ClN3O2/c22-18-14(6-3-7-16(18)26)20(25-17-8-1-2-11-23-17)15-10-9-13-5-4-12-24-19(13)21(15)27/h1-12,20,26-27H,(H,23,25). The highest BCUT2D eigenvalue weighted by Crippen LogP contribution is 2.40. The molecule has 27 heavy (non-hydrogen) atoms. The SMILES string of the molecule is Oc1cccc(C(Nc2ccccn2)c2ccc3cccnc3c2O)c1Cl. The zero-order chi connectivity index (χ0) is 18.8. The fourth-order valence-corrected chi connectivity index (χ4v) is 3.29. The number of hydrogen-bond acceptors (Lipinski definition) is 5. The lowest BCUT2D eigenvalue weighted by Gasteiger charge is -2.23. The van der Waals surface area contributed by atoms with Crippen molar-refractivity contribution in [1.29, 1.82) is 0 Å². The molecular formula is C21H16ClN3O2. The van der Waals surface area contributed by atoms with E-state index in [1.54, 1.807) is 24.5 Å². The first-order valence-electron chi connectivity index (χ1n) is 8.36. The Kier molecular flexibility index (Phi) is 4.52. The number of hydrogen-bond donors (Lipinski definition) is 3. The lowest BCUT2D eigenvalue weighted by molar-refractivity contribution is 0.469. The maximum Gasteiger partial charge on any atom is 0.147 e. The Balaban J connectivity index is 1.90. The van der Waals surface area contributed by atoms with E-state index in [1.807, 2.05) is 42.5 Å². The van der Waals surface area contributed by atoms with Gasteiger partial charge in [0.2, 0.25) is 0 Å². The summed E-state index contributed by atoms with van der Waals surface area (Å²) in [5, 5.41) is 25.3. The van der Waals surface area contributed by atoms with Crippen molar-refractivity contribution in [2.45, 2.75) is 6.04 Å². The molecule has 134 valence electrons. The number of aromatic hydroxyl groups is 2. The third kappa shape index (κ3) is 3.25. The van der Waals surface area contributed by atoms with Gasteiger partial charge in [-0.25, -0.2) is 4.98 Å². The molecule has 0 bridgehead atoms. The van der Waals surface area contributed by atoms with Gasteiger partial charge in [0.05, 0.1) is 11.1 Å². The number of fused-ring (bicyclic) bond motifs is 1. The van der Waals surface area contributed by atoms with Crippen molar-refractivity contribution in [1.82, 2.24) is 9.97 Å². The number of halogens is 1. The maximum atomic E-state index is 10.9. The first kappa shape index (κ1) is 17.1. The number of pyridine rings is 2. The van der Waals surface area contributed by atoms with Crippen molar-refractivity contribution < 1.29 is 10.2 Å². The highest BCUT2D eigenvalue weighted by atomic mass is 35.5. The van der Waals surface area contributed by atoms with Crippen molar-refractivity contribution in [2.75, 3.05) is 5.32 Å². The quantitative estimate of drug-likeness (QED) is 0.471. The van der Waals surface area contributed by atoms with Crippen LogP contribution in [0.1, 0.15) is 17.2 Å². The van der Waals surface area contributed by atoms with E-state index in [0.717, 1.165) is 5.39 Å².